The summed E-state index contributed by atoms with van der Waals surface area (Å²) in [6.07, 6.45) is 1.51. The van der Waals surface area contributed by atoms with Crippen molar-refractivity contribution in [3.8, 4) is 5.75 Å². The summed E-state index contributed by atoms with van der Waals surface area (Å²) >= 11 is 0. The largest absolute Gasteiger partial charge is 0.485 e. The Hall–Kier alpha value is -1.16. The van der Waals surface area contributed by atoms with Gasteiger partial charge in [-0.25, -0.2) is 8.78 Å². The lowest BCUT2D eigenvalue weighted by Gasteiger charge is -2.17. The second-order valence-corrected chi connectivity index (χ2v) is 3.98. The van der Waals surface area contributed by atoms with Gasteiger partial charge in [0.1, 0.15) is 11.9 Å². The highest BCUT2D eigenvalue weighted by molar-refractivity contribution is 5.42. The number of likely N-dealkylation sites (N-methyl/N-ethyl adjacent to an activating group) is 1. The van der Waals surface area contributed by atoms with Gasteiger partial charge in [-0.2, -0.15) is 0 Å². The van der Waals surface area contributed by atoms with Gasteiger partial charge >= 0.3 is 0 Å². The fourth-order valence-corrected chi connectivity index (χ4v) is 2.20. The Balaban J connectivity index is 2.42. The van der Waals surface area contributed by atoms with Gasteiger partial charge in [-0.05, 0) is 25.6 Å². The zero-order valence-electron chi connectivity index (χ0n) is 9.39. The van der Waals surface area contributed by atoms with E-state index in [9.17, 15) is 8.78 Å². The summed E-state index contributed by atoms with van der Waals surface area (Å²) in [5.41, 5.74) is 0.320. The Morgan fingerprint density at radius 2 is 2.00 bits per heavy atom. The van der Waals surface area contributed by atoms with E-state index in [1.807, 2.05) is 6.92 Å². The second kappa shape index (κ2) is 4.37. The van der Waals surface area contributed by atoms with Crippen LogP contribution in [-0.4, -0.2) is 13.2 Å². The molecule has 1 N–H and O–H groups in total. The number of hydrogen-bond acceptors (Lipinski definition) is 2. The molecule has 0 radical (unpaired) electrons. The van der Waals surface area contributed by atoms with E-state index in [0.717, 1.165) is 25.0 Å². The Bertz CT molecular complexity index is 395. The van der Waals surface area contributed by atoms with E-state index < -0.39 is 11.6 Å². The van der Waals surface area contributed by atoms with Crippen LogP contribution in [0, 0.1) is 11.6 Å². The summed E-state index contributed by atoms with van der Waals surface area (Å²) < 4.78 is 32.6. The van der Waals surface area contributed by atoms with E-state index in [2.05, 4.69) is 5.32 Å². The third-order valence-electron chi connectivity index (χ3n) is 2.93. The highest BCUT2D eigenvalue weighted by Crippen LogP contribution is 2.41. The second-order valence-electron chi connectivity index (χ2n) is 3.98. The van der Waals surface area contributed by atoms with Gasteiger partial charge < -0.3 is 10.1 Å². The van der Waals surface area contributed by atoms with E-state index in [1.54, 1.807) is 7.05 Å². The van der Waals surface area contributed by atoms with Gasteiger partial charge in [-0.3, -0.25) is 0 Å². The molecule has 1 heterocycles. The average molecular weight is 227 g/mol. The van der Waals surface area contributed by atoms with Crippen molar-refractivity contribution in [2.75, 3.05) is 7.05 Å². The van der Waals surface area contributed by atoms with Crippen LogP contribution in [0.25, 0.3) is 0 Å². The van der Waals surface area contributed by atoms with E-state index in [4.69, 9.17) is 4.74 Å². The van der Waals surface area contributed by atoms with E-state index >= 15 is 0 Å². The van der Waals surface area contributed by atoms with Crippen LogP contribution in [0.1, 0.15) is 31.4 Å². The van der Waals surface area contributed by atoms with Crippen molar-refractivity contribution in [1.82, 2.24) is 5.32 Å². The molecular weight excluding hydrogens is 212 g/mol. The smallest absolute Gasteiger partial charge is 0.165 e. The van der Waals surface area contributed by atoms with Crippen molar-refractivity contribution in [3.63, 3.8) is 0 Å². The van der Waals surface area contributed by atoms with E-state index in [1.165, 1.54) is 0 Å². The molecule has 0 fully saturated rings. The molecule has 0 saturated heterocycles. The summed E-state index contributed by atoms with van der Waals surface area (Å²) in [5, 5.41) is 2.99. The standard InChI is InChI=1S/C12H15F2NO/c1-3-4-9-11(15-2)10-7(13)5-6-8(14)12(10)16-9/h5-6,9,11,15H,3-4H2,1-2H3. The fraction of sp³-hybridized carbons (Fsp3) is 0.500. The molecule has 4 heteroatoms. The number of fused-ring (bicyclic) bond motifs is 1. The molecule has 1 aromatic rings. The minimum absolute atomic E-state index is 0.0674. The molecule has 2 rings (SSSR count). The monoisotopic (exact) mass is 227 g/mol. The van der Waals surface area contributed by atoms with Crippen molar-refractivity contribution >= 4 is 0 Å². The van der Waals surface area contributed by atoms with Crippen molar-refractivity contribution in [1.29, 1.82) is 0 Å². The van der Waals surface area contributed by atoms with Gasteiger partial charge in [-0.1, -0.05) is 13.3 Å². The van der Waals surface area contributed by atoms with Gasteiger partial charge in [0.2, 0.25) is 0 Å². The Labute approximate surface area is 93.6 Å². The topological polar surface area (TPSA) is 21.3 Å². The lowest BCUT2D eigenvalue weighted by atomic mass is 10.0. The number of benzene rings is 1. The first-order chi connectivity index (χ1) is 7.69. The highest BCUT2D eigenvalue weighted by atomic mass is 19.1. The Morgan fingerprint density at radius 3 is 2.62 bits per heavy atom. The number of hydrogen-bond donors (Lipinski definition) is 1. The summed E-state index contributed by atoms with van der Waals surface area (Å²) in [6.45, 7) is 2.02. The van der Waals surface area contributed by atoms with Crippen LogP contribution in [-0.2, 0) is 0 Å². The minimum atomic E-state index is -0.491. The van der Waals surface area contributed by atoms with Gasteiger partial charge in [0, 0.05) is 0 Å². The van der Waals surface area contributed by atoms with Crippen LogP contribution in [0.4, 0.5) is 8.78 Å². The van der Waals surface area contributed by atoms with Crippen molar-refractivity contribution in [3.05, 3.63) is 29.3 Å². The third kappa shape index (κ3) is 1.67. The molecular formula is C12H15F2NO. The van der Waals surface area contributed by atoms with E-state index in [-0.39, 0.29) is 17.9 Å². The van der Waals surface area contributed by atoms with Crippen molar-refractivity contribution in [2.24, 2.45) is 0 Å². The summed E-state index contributed by atoms with van der Waals surface area (Å²) in [7, 11) is 1.73. The Kier molecular flexibility index (Phi) is 3.10. The van der Waals surface area contributed by atoms with E-state index in [0.29, 0.717) is 5.56 Å². The lowest BCUT2D eigenvalue weighted by Crippen LogP contribution is -2.28. The molecule has 2 atom stereocenters. The first-order valence-corrected chi connectivity index (χ1v) is 5.50. The number of halogens is 2. The van der Waals surface area contributed by atoms with Crippen LogP contribution in [0.2, 0.25) is 0 Å². The van der Waals surface area contributed by atoms with Crippen molar-refractivity contribution < 1.29 is 13.5 Å². The van der Waals surface area contributed by atoms with Gasteiger partial charge in [-0.15, -0.1) is 0 Å². The SMILES string of the molecule is CCCC1Oc2c(F)ccc(F)c2C1NC. The maximum Gasteiger partial charge on any atom is 0.165 e. The molecule has 2 nitrogen and oxygen atoms in total. The average Bonchev–Trinajstić information content (AvgIpc) is 2.64. The molecule has 16 heavy (non-hydrogen) atoms. The Morgan fingerprint density at radius 1 is 1.31 bits per heavy atom. The maximum absolute atomic E-state index is 13.6. The number of rotatable bonds is 3. The molecule has 0 saturated carbocycles. The molecule has 88 valence electrons. The molecule has 0 aliphatic carbocycles. The molecule has 0 amide bonds. The first-order valence-electron chi connectivity index (χ1n) is 5.50. The predicted octanol–water partition coefficient (Wildman–Crippen LogP) is 2.79. The lowest BCUT2D eigenvalue weighted by molar-refractivity contribution is 0.176. The number of ether oxygens (including phenoxy) is 1. The zero-order chi connectivity index (χ0) is 11.7. The molecule has 1 aromatic carbocycles. The molecule has 0 aromatic heterocycles. The summed E-state index contributed by atoms with van der Waals surface area (Å²) in [6, 6.07) is 2.00. The minimum Gasteiger partial charge on any atom is -0.485 e. The molecule has 2 unspecified atom stereocenters. The normalized spacial score (nSPS) is 23.0. The molecule has 0 bridgehead atoms. The van der Waals surface area contributed by atoms with Crippen LogP contribution >= 0.6 is 0 Å². The molecule has 0 spiro atoms. The van der Waals surface area contributed by atoms with Crippen LogP contribution in [0.5, 0.6) is 5.75 Å². The van der Waals surface area contributed by atoms with Gasteiger partial charge in [0.15, 0.2) is 11.6 Å². The summed E-state index contributed by atoms with van der Waals surface area (Å²) in [4.78, 5) is 0. The third-order valence-corrected chi connectivity index (χ3v) is 2.93. The summed E-state index contributed by atoms with van der Waals surface area (Å²) in [5.74, 6) is -0.831. The van der Waals surface area contributed by atoms with Gasteiger partial charge in [0.25, 0.3) is 0 Å². The molecule has 1 aliphatic rings. The zero-order valence-corrected chi connectivity index (χ0v) is 9.39. The fourth-order valence-electron chi connectivity index (χ4n) is 2.20. The highest BCUT2D eigenvalue weighted by Gasteiger charge is 2.37. The first kappa shape index (κ1) is 11.3. The van der Waals surface area contributed by atoms with Crippen LogP contribution in [0.3, 0.4) is 0 Å². The van der Waals surface area contributed by atoms with Gasteiger partial charge in [0.05, 0.1) is 11.6 Å². The maximum atomic E-state index is 13.6. The van der Waals surface area contributed by atoms with Crippen LogP contribution < -0.4 is 10.1 Å². The van der Waals surface area contributed by atoms with Crippen LogP contribution in [0.15, 0.2) is 12.1 Å². The van der Waals surface area contributed by atoms with Crippen molar-refractivity contribution in [2.45, 2.75) is 31.9 Å². The quantitative estimate of drug-likeness (QED) is 0.857. The molecule has 1 aliphatic heterocycles. The predicted molar refractivity (Wildman–Crippen MR) is 57.5 cm³/mol. The number of nitrogens with one attached hydrogen (secondary N) is 1.